The van der Waals surface area contributed by atoms with E-state index >= 15 is 0 Å². The zero-order valence-electron chi connectivity index (χ0n) is 10.1. The highest BCUT2D eigenvalue weighted by molar-refractivity contribution is 5.86. The largest absolute Gasteiger partial charge is 0.361 e. The van der Waals surface area contributed by atoms with Crippen LogP contribution in [0.1, 0.15) is 31.4 Å². The maximum atomic E-state index is 5.80. The molecular weight excluding hydrogens is 196 g/mol. The second-order valence-corrected chi connectivity index (χ2v) is 4.52. The highest BCUT2D eigenvalue weighted by Gasteiger charge is 2.06. The van der Waals surface area contributed by atoms with Crippen LogP contribution in [0.2, 0.25) is 0 Å². The van der Waals surface area contributed by atoms with Gasteiger partial charge in [0.15, 0.2) is 0 Å². The van der Waals surface area contributed by atoms with Crippen molar-refractivity contribution in [1.29, 1.82) is 0 Å². The molecule has 16 heavy (non-hydrogen) atoms. The third kappa shape index (κ3) is 2.12. The van der Waals surface area contributed by atoms with Crippen LogP contribution in [0.4, 0.5) is 0 Å². The summed E-state index contributed by atoms with van der Waals surface area (Å²) in [5.41, 5.74) is 9.88. The third-order valence-electron chi connectivity index (χ3n) is 3.14. The number of hydrogen-bond acceptors (Lipinski definition) is 1. The molecule has 0 saturated carbocycles. The minimum Gasteiger partial charge on any atom is -0.361 e. The van der Waals surface area contributed by atoms with Crippen molar-refractivity contribution in [3.63, 3.8) is 0 Å². The Labute approximate surface area is 96.9 Å². The maximum absolute atomic E-state index is 5.80. The van der Waals surface area contributed by atoms with Gasteiger partial charge in [-0.2, -0.15) is 0 Å². The van der Waals surface area contributed by atoms with Gasteiger partial charge in [0.2, 0.25) is 0 Å². The van der Waals surface area contributed by atoms with Crippen molar-refractivity contribution in [3.8, 4) is 0 Å². The molecule has 0 saturated heterocycles. The first-order valence-electron chi connectivity index (χ1n) is 6.05. The Balaban J connectivity index is 2.34. The molecule has 1 aromatic heterocycles. The quantitative estimate of drug-likeness (QED) is 0.810. The van der Waals surface area contributed by atoms with Gasteiger partial charge in [-0.15, -0.1) is 0 Å². The van der Waals surface area contributed by atoms with Crippen LogP contribution in [-0.4, -0.2) is 11.0 Å². The number of aryl methyl sites for hydroxylation is 2. The summed E-state index contributed by atoms with van der Waals surface area (Å²) in [4.78, 5) is 3.39. The van der Waals surface area contributed by atoms with Gasteiger partial charge in [0.1, 0.15) is 0 Å². The van der Waals surface area contributed by atoms with Gasteiger partial charge in [-0.05, 0) is 37.3 Å². The van der Waals surface area contributed by atoms with Crippen LogP contribution < -0.4 is 5.73 Å². The molecule has 0 bridgehead atoms. The van der Waals surface area contributed by atoms with Gasteiger partial charge in [-0.1, -0.05) is 25.1 Å². The standard InChI is InChI=1S/C14H20N2/c1-3-11-5-4-6-13-12(8-7-10(2)15)9-16-14(11)13/h4-6,9-10,16H,3,7-8,15H2,1-2H3/t10-/m0/s1. The molecule has 2 aromatic rings. The summed E-state index contributed by atoms with van der Waals surface area (Å²) in [7, 11) is 0. The summed E-state index contributed by atoms with van der Waals surface area (Å²) in [5.74, 6) is 0. The van der Waals surface area contributed by atoms with Gasteiger partial charge < -0.3 is 10.7 Å². The second-order valence-electron chi connectivity index (χ2n) is 4.52. The van der Waals surface area contributed by atoms with E-state index < -0.39 is 0 Å². The van der Waals surface area contributed by atoms with Crippen LogP contribution in [-0.2, 0) is 12.8 Å². The van der Waals surface area contributed by atoms with Crippen LogP contribution in [0.15, 0.2) is 24.4 Å². The van der Waals surface area contributed by atoms with Crippen molar-refractivity contribution >= 4 is 10.9 Å². The predicted molar refractivity (Wildman–Crippen MR) is 69.6 cm³/mol. The molecule has 0 spiro atoms. The van der Waals surface area contributed by atoms with Crippen molar-refractivity contribution < 1.29 is 0 Å². The Morgan fingerprint density at radius 1 is 1.31 bits per heavy atom. The number of para-hydroxylation sites is 1. The number of fused-ring (bicyclic) bond motifs is 1. The van der Waals surface area contributed by atoms with E-state index in [2.05, 4.69) is 43.2 Å². The molecule has 2 heteroatoms. The molecule has 1 heterocycles. The van der Waals surface area contributed by atoms with E-state index in [9.17, 15) is 0 Å². The van der Waals surface area contributed by atoms with Crippen LogP contribution in [0, 0.1) is 0 Å². The van der Waals surface area contributed by atoms with Crippen molar-refractivity contribution in [1.82, 2.24) is 4.98 Å². The summed E-state index contributed by atoms with van der Waals surface area (Å²) in [6, 6.07) is 6.80. The van der Waals surface area contributed by atoms with E-state index in [1.165, 1.54) is 22.0 Å². The third-order valence-corrected chi connectivity index (χ3v) is 3.14. The normalized spacial score (nSPS) is 13.2. The van der Waals surface area contributed by atoms with Crippen LogP contribution in [0.5, 0.6) is 0 Å². The average Bonchev–Trinajstić information content (AvgIpc) is 2.69. The molecule has 0 aliphatic carbocycles. The molecule has 0 aliphatic heterocycles. The van der Waals surface area contributed by atoms with E-state index in [4.69, 9.17) is 5.73 Å². The summed E-state index contributed by atoms with van der Waals surface area (Å²) < 4.78 is 0. The Hall–Kier alpha value is -1.28. The zero-order valence-corrected chi connectivity index (χ0v) is 10.1. The summed E-state index contributed by atoms with van der Waals surface area (Å²) >= 11 is 0. The number of aromatic nitrogens is 1. The first-order chi connectivity index (χ1) is 7.72. The fraction of sp³-hybridized carbons (Fsp3) is 0.429. The Kier molecular flexibility index (Phi) is 3.30. The Morgan fingerprint density at radius 2 is 2.12 bits per heavy atom. The van der Waals surface area contributed by atoms with Gasteiger partial charge in [-0.3, -0.25) is 0 Å². The SMILES string of the molecule is CCc1cccc2c(CC[C@H](C)N)c[nH]c12. The molecule has 3 N–H and O–H groups in total. The molecule has 0 amide bonds. The summed E-state index contributed by atoms with van der Waals surface area (Å²) in [5, 5.41) is 1.36. The van der Waals surface area contributed by atoms with Crippen molar-refractivity contribution in [2.24, 2.45) is 5.73 Å². The van der Waals surface area contributed by atoms with Crippen molar-refractivity contribution in [2.45, 2.75) is 39.2 Å². The predicted octanol–water partition coefficient (Wildman–Crippen LogP) is 3.01. The molecule has 0 fully saturated rings. The molecule has 0 aliphatic rings. The van der Waals surface area contributed by atoms with Gasteiger partial charge in [-0.25, -0.2) is 0 Å². The monoisotopic (exact) mass is 216 g/mol. The molecule has 1 atom stereocenters. The van der Waals surface area contributed by atoms with Crippen molar-refractivity contribution in [2.75, 3.05) is 0 Å². The Bertz CT molecular complexity index is 469. The van der Waals surface area contributed by atoms with E-state index in [0.29, 0.717) is 0 Å². The smallest absolute Gasteiger partial charge is 0.0489 e. The lowest BCUT2D eigenvalue weighted by atomic mass is 10.0. The van der Waals surface area contributed by atoms with Gasteiger partial charge in [0, 0.05) is 23.1 Å². The van der Waals surface area contributed by atoms with Crippen LogP contribution >= 0.6 is 0 Å². The number of nitrogens with one attached hydrogen (secondary N) is 1. The average molecular weight is 216 g/mol. The minimum absolute atomic E-state index is 0.277. The van der Waals surface area contributed by atoms with Crippen LogP contribution in [0.25, 0.3) is 10.9 Å². The number of aromatic amines is 1. The fourth-order valence-electron chi connectivity index (χ4n) is 2.16. The molecule has 86 valence electrons. The molecule has 0 unspecified atom stereocenters. The highest BCUT2D eigenvalue weighted by Crippen LogP contribution is 2.23. The molecular formula is C14H20N2. The van der Waals surface area contributed by atoms with Gasteiger partial charge >= 0.3 is 0 Å². The lowest BCUT2D eigenvalue weighted by Gasteiger charge is -2.04. The van der Waals surface area contributed by atoms with E-state index in [0.717, 1.165) is 19.3 Å². The zero-order chi connectivity index (χ0) is 11.5. The molecule has 2 rings (SSSR count). The molecule has 2 nitrogen and oxygen atoms in total. The lowest BCUT2D eigenvalue weighted by Crippen LogP contribution is -2.15. The molecule has 0 radical (unpaired) electrons. The number of benzene rings is 1. The number of rotatable bonds is 4. The Morgan fingerprint density at radius 3 is 2.81 bits per heavy atom. The lowest BCUT2D eigenvalue weighted by molar-refractivity contribution is 0.668. The summed E-state index contributed by atoms with van der Waals surface area (Å²) in [6.07, 6.45) is 5.31. The first-order valence-corrected chi connectivity index (χ1v) is 6.05. The second kappa shape index (κ2) is 4.71. The van der Waals surface area contributed by atoms with Gasteiger partial charge in [0.05, 0.1) is 0 Å². The van der Waals surface area contributed by atoms with E-state index in [-0.39, 0.29) is 6.04 Å². The van der Waals surface area contributed by atoms with Gasteiger partial charge in [0.25, 0.3) is 0 Å². The van der Waals surface area contributed by atoms with Crippen LogP contribution in [0.3, 0.4) is 0 Å². The minimum atomic E-state index is 0.277. The number of hydrogen-bond donors (Lipinski definition) is 2. The highest BCUT2D eigenvalue weighted by atomic mass is 14.7. The summed E-state index contributed by atoms with van der Waals surface area (Å²) in [6.45, 7) is 4.25. The fourth-order valence-corrected chi connectivity index (χ4v) is 2.16. The van der Waals surface area contributed by atoms with E-state index in [1.54, 1.807) is 0 Å². The van der Waals surface area contributed by atoms with E-state index in [1.807, 2.05) is 0 Å². The number of H-pyrrole nitrogens is 1. The maximum Gasteiger partial charge on any atom is 0.0489 e. The number of nitrogens with two attached hydrogens (primary N) is 1. The molecule has 1 aromatic carbocycles. The first kappa shape index (κ1) is 11.2. The van der Waals surface area contributed by atoms with Crippen molar-refractivity contribution in [3.05, 3.63) is 35.5 Å². The topological polar surface area (TPSA) is 41.8 Å².